The molecule has 1 nitrogen and oxygen atoms in total. The first kappa shape index (κ1) is 12.0. The molecular weight excluding hydrogens is 182 g/mol. The number of aliphatic imine (C=N–C) groups is 1. The zero-order valence-corrected chi connectivity index (χ0v) is 10.2. The number of allylic oxidation sites excluding steroid dienone is 5. The molecule has 0 aromatic carbocycles. The molecular formula is C14H21N. The number of hydrogen-bond donors (Lipinski definition) is 0. The molecule has 0 fully saturated rings. The highest BCUT2D eigenvalue weighted by molar-refractivity contribution is 5.74. The number of nitrogens with zero attached hydrogens (tertiary/aromatic N) is 1. The minimum absolute atomic E-state index is 0.170. The maximum absolute atomic E-state index is 4.42. The molecule has 0 aromatic rings. The Morgan fingerprint density at radius 3 is 2.73 bits per heavy atom. The molecule has 1 heteroatoms. The van der Waals surface area contributed by atoms with Crippen molar-refractivity contribution in [3.05, 3.63) is 35.6 Å². The Kier molecular flexibility index (Phi) is 4.07. The zero-order valence-electron chi connectivity index (χ0n) is 10.2. The zero-order chi connectivity index (χ0) is 11.3. The Bertz CT molecular complexity index is 331. The summed E-state index contributed by atoms with van der Waals surface area (Å²) in [4.78, 5) is 4.42. The van der Waals surface area contributed by atoms with Gasteiger partial charge in [0.2, 0.25) is 0 Å². The van der Waals surface area contributed by atoms with Crippen LogP contribution in [-0.4, -0.2) is 6.21 Å². The van der Waals surface area contributed by atoms with Crippen molar-refractivity contribution in [3.63, 3.8) is 0 Å². The quantitative estimate of drug-likeness (QED) is 0.557. The SMILES string of the molecule is CC.CC1=CC=C2N=CC=CC2(C)CC1. The summed E-state index contributed by atoms with van der Waals surface area (Å²) in [5.41, 5.74) is 2.82. The average Bonchev–Trinajstić information content (AvgIpc) is 2.42. The van der Waals surface area contributed by atoms with E-state index in [0.717, 1.165) is 0 Å². The van der Waals surface area contributed by atoms with Gasteiger partial charge in [0.25, 0.3) is 0 Å². The van der Waals surface area contributed by atoms with Gasteiger partial charge in [-0.25, -0.2) is 0 Å². The van der Waals surface area contributed by atoms with Crippen molar-refractivity contribution in [1.29, 1.82) is 0 Å². The van der Waals surface area contributed by atoms with Gasteiger partial charge in [-0.2, -0.15) is 0 Å². The van der Waals surface area contributed by atoms with E-state index in [1.54, 1.807) is 0 Å². The van der Waals surface area contributed by atoms with Gasteiger partial charge in [0.15, 0.2) is 0 Å². The molecule has 0 saturated heterocycles. The Labute approximate surface area is 93.3 Å². The standard InChI is InChI=1S/C12H15N.C2H6/c1-10-4-5-11-12(2,8-6-10)7-3-9-13-11;1-2/h3-5,7,9H,6,8H2,1-2H3;1-2H3. The largest absolute Gasteiger partial charge is 0.260 e. The fourth-order valence-electron chi connectivity index (χ4n) is 1.82. The van der Waals surface area contributed by atoms with Crippen LogP contribution in [0.5, 0.6) is 0 Å². The Hall–Kier alpha value is -1.11. The normalized spacial score (nSPS) is 28.0. The Balaban J connectivity index is 0.000000531. The number of fused-ring (bicyclic) bond motifs is 1. The lowest BCUT2D eigenvalue weighted by atomic mass is 9.81. The highest BCUT2D eigenvalue weighted by atomic mass is 14.8. The second kappa shape index (κ2) is 5.11. The molecule has 0 aromatic heterocycles. The van der Waals surface area contributed by atoms with Crippen molar-refractivity contribution < 1.29 is 0 Å². The van der Waals surface area contributed by atoms with Crippen LogP contribution in [0.15, 0.2) is 40.6 Å². The molecule has 2 aliphatic rings. The van der Waals surface area contributed by atoms with Gasteiger partial charge in [0.05, 0.1) is 5.70 Å². The van der Waals surface area contributed by atoms with E-state index in [4.69, 9.17) is 0 Å². The molecule has 2 rings (SSSR count). The van der Waals surface area contributed by atoms with Crippen molar-refractivity contribution in [2.24, 2.45) is 10.4 Å². The smallest absolute Gasteiger partial charge is 0.0500 e. The molecule has 1 unspecified atom stereocenters. The number of rotatable bonds is 0. The van der Waals surface area contributed by atoms with Crippen LogP contribution in [0, 0.1) is 5.41 Å². The first-order valence-corrected chi connectivity index (χ1v) is 5.80. The van der Waals surface area contributed by atoms with Gasteiger partial charge in [0.1, 0.15) is 0 Å². The van der Waals surface area contributed by atoms with Crippen molar-refractivity contribution in [1.82, 2.24) is 0 Å². The van der Waals surface area contributed by atoms with E-state index < -0.39 is 0 Å². The summed E-state index contributed by atoms with van der Waals surface area (Å²) in [7, 11) is 0. The van der Waals surface area contributed by atoms with Crippen molar-refractivity contribution in [2.75, 3.05) is 0 Å². The first-order chi connectivity index (χ1) is 7.21. The molecule has 0 amide bonds. The highest BCUT2D eigenvalue weighted by Gasteiger charge is 2.27. The molecule has 1 aliphatic carbocycles. The van der Waals surface area contributed by atoms with E-state index in [-0.39, 0.29) is 5.41 Å². The fraction of sp³-hybridized carbons (Fsp3) is 0.500. The van der Waals surface area contributed by atoms with Crippen molar-refractivity contribution in [2.45, 2.75) is 40.5 Å². The van der Waals surface area contributed by atoms with Crippen LogP contribution in [0.4, 0.5) is 0 Å². The number of dihydropyridines is 1. The van der Waals surface area contributed by atoms with Crippen LogP contribution in [0.1, 0.15) is 40.5 Å². The van der Waals surface area contributed by atoms with Gasteiger partial charge < -0.3 is 0 Å². The summed E-state index contributed by atoms with van der Waals surface area (Å²) in [6, 6.07) is 0. The third kappa shape index (κ3) is 2.68. The second-order valence-corrected chi connectivity index (χ2v) is 4.12. The predicted molar refractivity (Wildman–Crippen MR) is 68.2 cm³/mol. The van der Waals surface area contributed by atoms with Gasteiger partial charge >= 0.3 is 0 Å². The van der Waals surface area contributed by atoms with E-state index in [0.29, 0.717) is 0 Å². The summed E-state index contributed by atoms with van der Waals surface area (Å²) < 4.78 is 0. The van der Waals surface area contributed by atoms with E-state index >= 15 is 0 Å². The summed E-state index contributed by atoms with van der Waals surface area (Å²) in [5, 5.41) is 0. The lowest BCUT2D eigenvalue weighted by Gasteiger charge is -2.27. The Morgan fingerprint density at radius 1 is 1.27 bits per heavy atom. The van der Waals surface area contributed by atoms with E-state index in [9.17, 15) is 0 Å². The van der Waals surface area contributed by atoms with Gasteiger partial charge in [-0.15, -0.1) is 0 Å². The molecule has 0 saturated carbocycles. The third-order valence-corrected chi connectivity index (χ3v) is 2.91. The van der Waals surface area contributed by atoms with Crippen LogP contribution in [0.25, 0.3) is 0 Å². The highest BCUT2D eigenvalue weighted by Crippen LogP contribution is 2.39. The van der Waals surface area contributed by atoms with E-state index in [1.165, 1.54) is 24.1 Å². The monoisotopic (exact) mass is 203 g/mol. The van der Waals surface area contributed by atoms with E-state index in [2.05, 4.69) is 43.1 Å². The van der Waals surface area contributed by atoms with Crippen LogP contribution in [0.2, 0.25) is 0 Å². The minimum Gasteiger partial charge on any atom is -0.260 e. The van der Waals surface area contributed by atoms with Crippen LogP contribution >= 0.6 is 0 Å². The predicted octanol–water partition coefficient (Wildman–Crippen LogP) is 4.28. The van der Waals surface area contributed by atoms with Gasteiger partial charge in [0, 0.05) is 11.6 Å². The molecule has 1 aliphatic heterocycles. The summed E-state index contributed by atoms with van der Waals surface area (Å²) >= 11 is 0. The molecule has 0 bridgehead atoms. The Morgan fingerprint density at radius 2 is 2.00 bits per heavy atom. The molecule has 15 heavy (non-hydrogen) atoms. The van der Waals surface area contributed by atoms with Crippen molar-refractivity contribution >= 4 is 6.21 Å². The maximum atomic E-state index is 4.42. The topological polar surface area (TPSA) is 12.4 Å². The van der Waals surface area contributed by atoms with Gasteiger partial charge in [-0.05, 0) is 31.9 Å². The second-order valence-electron chi connectivity index (χ2n) is 4.12. The molecule has 0 N–H and O–H groups in total. The van der Waals surface area contributed by atoms with Crippen LogP contribution < -0.4 is 0 Å². The average molecular weight is 203 g/mol. The summed E-state index contributed by atoms with van der Waals surface area (Å²) in [6.07, 6.45) is 12.9. The summed E-state index contributed by atoms with van der Waals surface area (Å²) in [5.74, 6) is 0. The van der Waals surface area contributed by atoms with Crippen molar-refractivity contribution in [3.8, 4) is 0 Å². The van der Waals surface area contributed by atoms with Crippen LogP contribution in [0.3, 0.4) is 0 Å². The van der Waals surface area contributed by atoms with Crippen LogP contribution in [-0.2, 0) is 0 Å². The van der Waals surface area contributed by atoms with E-state index in [1.807, 2.05) is 20.1 Å². The third-order valence-electron chi connectivity index (χ3n) is 2.91. The van der Waals surface area contributed by atoms with Gasteiger partial charge in [-0.3, -0.25) is 4.99 Å². The minimum atomic E-state index is 0.170. The molecule has 0 radical (unpaired) electrons. The molecule has 0 spiro atoms. The number of hydrogen-bond acceptors (Lipinski definition) is 1. The fourth-order valence-corrected chi connectivity index (χ4v) is 1.82. The van der Waals surface area contributed by atoms with Gasteiger partial charge in [-0.1, -0.05) is 38.5 Å². The first-order valence-electron chi connectivity index (χ1n) is 5.80. The lowest BCUT2D eigenvalue weighted by Crippen LogP contribution is -2.17. The maximum Gasteiger partial charge on any atom is 0.0500 e. The summed E-state index contributed by atoms with van der Waals surface area (Å²) in [6.45, 7) is 8.45. The lowest BCUT2D eigenvalue weighted by molar-refractivity contribution is 0.465. The molecule has 82 valence electrons. The molecule has 1 heterocycles. The molecule has 1 atom stereocenters.